The molecule has 0 spiro atoms. The molecule has 0 radical (unpaired) electrons. The maximum atomic E-state index is 12.8. The summed E-state index contributed by atoms with van der Waals surface area (Å²) in [6.45, 7) is 0.260. The second kappa shape index (κ2) is 5.39. The number of rotatable bonds is 2. The van der Waals surface area contributed by atoms with Crippen molar-refractivity contribution in [2.75, 3.05) is 11.9 Å². The van der Waals surface area contributed by atoms with Crippen molar-refractivity contribution in [1.82, 2.24) is 10.3 Å². The lowest BCUT2D eigenvalue weighted by molar-refractivity contribution is -0.117. The van der Waals surface area contributed by atoms with Crippen LogP contribution in [-0.2, 0) is 4.79 Å². The lowest BCUT2D eigenvalue weighted by atomic mass is 10.2. The van der Waals surface area contributed by atoms with Crippen LogP contribution in [0.2, 0.25) is 0 Å². The molecule has 1 fully saturated rings. The predicted molar refractivity (Wildman–Crippen MR) is 59.3 cm³/mol. The summed E-state index contributed by atoms with van der Waals surface area (Å²) in [5.41, 5.74) is 0. The van der Waals surface area contributed by atoms with Gasteiger partial charge in [-0.1, -0.05) is 0 Å². The van der Waals surface area contributed by atoms with E-state index in [0.717, 1.165) is 0 Å². The molecule has 1 saturated heterocycles. The highest BCUT2D eigenvalue weighted by Gasteiger charge is 2.29. The molecule has 0 aromatic carbocycles. The van der Waals surface area contributed by atoms with Gasteiger partial charge < -0.3 is 10.6 Å². The minimum absolute atomic E-state index is 0. The van der Waals surface area contributed by atoms with Crippen LogP contribution in [0.3, 0.4) is 0 Å². The van der Waals surface area contributed by atoms with Gasteiger partial charge in [-0.15, -0.1) is 23.7 Å². The Hall–Kier alpha value is -0.720. The molecule has 2 atom stereocenters. The van der Waals surface area contributed by atoms with Crippen molar-refractivity contribution in [3.05, 3.63) is 11.6 Å². The number of nitrogens with one attached hydrogen (secondary N) is 2. The first-order chi connectivity index (χ1) is 6.75. The van der Waals surface area contributed by atoms with Crippen LogP contribution in [0.25, 0.3) is 0 Å². The number of thiazole rings is 1. The summed E-state index contributed by atoms with van der Waals surface area (Å²) >= 11 is 1.35. The Morgan fingerprint density at radius 2 is 2.53 bits per heavy atom. The van der Waals surface area contributed by atoms with Crippen molar-refractivity contribution in [2.24, 2.45) is 0 Å². The smallest absolute Gasteiger partial charge is 0.243 e. The third-order valence-corrected chi connectivity index (χ3v) is 2.74. The Balaban J connectivity index is 0.00000112. The van der Waals surface area contributed by atoms with Crippen molar-refractivity contribution in [3.8, 4) is 0 Å². The number of nitrogens with zero attached hydrogens (tertiary/aromatic N) is 1. The molecule has 1 aliphatic rings. The third kappa shape index (κ3) is 3.12. The molecule has 1 aliphatic heterocycles. The van der Waals surface area contributed by atoms with E-state index in [9.17, 15) is 9.18 Å². The normalized spacial score (nSPS) is 24.6. The zero-order chi connectivity index (χ0) is 9.97. The van der Waals surface area contributed by atoms with Gasteiger partial charge in [-0.05, 0) is 0 Å². The van der Waals surface area contributed by atoms with E-state index in [0.29, 0.717) is 5.13 Å². The minimum Gasteiger partial charge on any atom is -0.303 e. The number of hydrogen-bond donors (Lipinski definition) is 2. The quantitative estimate of drug-likeness (QED) is 0.831. The van der Waals surface area contributed by atoms with E-state index in [-0.39, 0.29) is 31.3 Å². The molecule has 15 heavy (non-hydrogen) atoms. The maximum Gasteiger partial charge on any atom is 0.243 e. The van der Waals surface area contributed by atoms with Crippen molar-refractivity contribution in [3.63, 3.8) is 0 Å². The van der Waals surface area contributed by atoms with E-state index < -0.39 is 12.2 Å². The second-order valence-corrected chi connectivity index (χ2v) is 4.01. The molecule has 7 heteroatoms. The summed E-state index contributed by atoms with van der Waals surface area (Å²) in [4.78, 5) is 15.4. The summed E-state index contributed by atoms with van der Waals surface area (Å²) in [6.07, 6.45) is 0.944. The standard InChI is InChI=1S/C8H10FN3OS.ClH/c9-5-3-6(11-4-5)7(13)12-8-10-1-2-14-8;/h1-2,5-6,11H,3-4H2,(H,10,12,13);1H/t5-,6+;/m1./s1. The number of halogens is 2. The fourth-order valence-electron chi connectivity index (χ4n) is 1.37. The lowest BCUT2D eigenvalue weighted by Gasteiger charge is -2.07. The molecule has 2 N–H and O–H groups in total. The van der Waals surface area contributed by atoms with E-state index in [1.807, 2.05) is 0 Å². The summed E-state index contributed by atoms with van der Waals surface area (Å²) < 4.78 is 12.8. The van der Waals surface area contributed by atoms with Gasteiger partial charge in [0.25, 0.3) is 0 Å². The monoisotopic (exact) mass is 251 g/mol. The molecule has 0 unspecified atom stereocenters. The van der Waals surface area contributed by atoms with Gasteiger partial charge in [0, 0.05) is 24.5 Å². The Kier molecular flexibility index (Phi) is 4.44. The number of carbonyl (C=O) groups is 1. The van der Waals surface area contributed by atoms with Crippen LogP contribution in [0.4, 0.5) is 9.52 Å². The topological polar surface area (TPSA) is 54.0 Å². The number of aromatic nitrogens is 1. The number of alkyl halides is 1. The van der Waals surface area contributed by atoms with Crippen molar-refractivity contribution in [2.45, 2.75) is 18.6 Å². The van der Waals surface area contributed by atoms with Gasteiger partial charge in [-0.2, -0.15) is 0 Å². The number of hydrogen-bond acceptors (Lipinski definition) is 4. The molecule has 84 valence electrons. The first kappa shape index (κ1) is 12.4. The zero-order valence-corrected chi connectivity index (χ0v) is 9.41. The molecule has 2 heterocycles. The summed E-state index contributed by atoms with van der Waals surface area (Å²) in [5, 5.41) is 7.76. The fourth-order valence-corrected chi connectivity index (χ4v) is 1.90. The van der Waals surface area contributed by atoms with Crippen LogP contribution in [0.1, 0.15) is 6.42 Å². The maximum absolute atomic E-state index is 12.8. The van der Waals surface area contributed by atoms with E-state index in [2.05, 4.69) is 15.6 Å². The SMILES string of the molecule is Cl.O=C(Nc1nccs1)[C@@H]1C[C@@H](F)CN1. The molecular weight excluding hydrogens is 241 g/mol. The average Bonchev–Trinajstić information content (AvgIpc) is 2.75. The van der Waals surface area contributed by atoms with Gasteiger partial charge in [0.2, 0.25) is 5.91 Å². The highest BCUT2D eigenvalue weighted by molar-refractivity contribution is 7.13. The van der Waals surface area contributed by atoms with Crippen LogP contribution in [-0.4, -0.2) is 29.6 Å². The fraction of sp³-hybridized carbons (Fsp3) is 0.500. The van der Waals surface area contributed by atoms with Gasteiger partial charge in [-0.25, -0.2) is 9.37 Å². The molecule has 1 aromatic heterocycles. The Labute approximate surface area is 96.7 Å². The highest BCUT2D eigenvalue weighted by atomic mass is 35.5. The molecule has 1 amide bonds. The summed E-state index contributed by atoms with van der Waals surface area (Å²) in [7, 11) is 0. The van der Waals surface area contributed by atoms with Gasteiger partial charge in [0.15, 0.2) is 5.13 Å². The molecule has 2 rings (SSSR count). The number of anilines is 1. The van der Waals surface area contributed by atoms with Crippen molar-refractivity contribution in [1.29, 1.82) is 0 Å². The Bertz CT molecular complexity index is 322. The van der Waals surface area contributed by atoms with Gasteiger partial charge in [0.05, 0.1) is 6.04 Å². The Morgan fingerprint density at radius 1 is 1.73 bits per heavy atom. The first-order valence-corrected chi connectivity index (χ1v) is 5.21. The minimum atomic E-state index is -0.915. The summed E-state index contributed by atoms with van der Waals surface area (Å²) in [5.74, 6) is -0.208. The van der Waals surface area contributed by atoms with E-state index >= 15 is 0 Å². The zero-order valence-electron chi connectivity index (χ0n) is 7.77. The molecule has 4 nitrogen and oxygen atoms in total. The van der Waals surface area contributed by atoms with Crippen LogP contribution < -0.4 is 10.6 Å². The highest BCUT2D eigenvalue weighted by Crippen LogP contribution is 2.14. The van der Waals surface area contributed by atoms with Crippen LogP contribution in [0, 0.1) is 0 Å². The number of carbonyl (C=O) groups excluding carboxylic acids is 1. The second-order valence-electron chi connectivity index (χ2n) is 3.12. The molecular formula is C8H11ClFN3OS. The van der Waals surface area contributed by atoms with Crippen LogP contribution >= 0.6 is 23.7 Å². The van der Waals surface area contributed by atoms with Gasteiger partial charge in [0.1, 0.15) is 6.17 Å². The largest absolute Gasteiger partial charge is 0.303 e. The molecule has 0 saturated carbocycles. The Morgan fingerprint density at radius 3 is 3.07 bits per heavy atom. The molecule has 0 aliphatic carbocycles. The van der Waals surface area contributed by atoms with E-state index in [1.54, 1.807) is 11.6 Å². The molecule has 0 bridgehead atoms. The lowest BCUT2D eigenvalue weighted by Crippen LogP contribution is -2.35. The average molecular weight is 252 g/mol. The first-order valence-electron chi connectivity index (χ1n) is 4.33. The van der Waals surface area contributed by atoms with Crippen molar-refractivity contribution >= 4 is 34.8 Å². The summed E-state index contributed by atoms with van der Waals surface area (Å²) in [6, 6.07) is -0.422. The van der Waals surface area contributed by atoms with Crippen molar-refractivity contribution < 1.29 is 9.18 Å². The van der Waals surface area contributed by atoms with Crippen LogP contribution in [0.5, 0.6) is 0 Å². The van der Waals surface area contributed by atoms with Crippen LogP contribution in [0.15, 0.2) is 11.6 Å². The van der Waals surface area contributed by atoms with E-state index in [4.69, 9.17) is 0 Å². The van der Waals surface area contributed by atoms with Gasteiger partial charge >= 0.3 is 0 Å². The van der Waals surface area contributed by atoms with Gasteiger partial charge in [-0.3, -0.25) is 4.79 Å². The predicted octanol–water partition coefficient (Wildman–Crippen LogP) is 1.20. The molecule has 1 aromatic rings. The van der Waals surface area contributed by atoms with E-state index in [1.165, 1.54) is 11.3 Å². The third-order valence-electron chi connectivity index (χ3n) is 2.06. The number of amides is 1.